The molecular formula is C18H33N3. The Morgan fingerprint density at radius 2 is 1.67 bits per heavy atom. The summed E-state index contributed by atoms with van der Waals surface area (Å²) in [5.74, 6) is 1.47. The molecule has 0 atom stereocenters. The number of hydrogen-bond donors (Lipinski definition) is 1. The Labute approximate surface area is 131 Å². The second kappa shape index (κ2) is 9.64. The summed E-state index contributed by atoms with van der Waals surface area (Å²) in [6, 6.07) is 2.24. The molecule has 0 saturated carbocycles. The monoisotopic (exact) mass is 291 g/mol. The van der Waals surface area contributed by atoms with Gasteiger partial charge in [-0.1, -0.05) is 34.6 Å². The standard InChI is InChI=1S/C18H33N3/c1-6-9-20-17-12-18(14-19-13-17)21(10-7-15(2)3)11-8-16(4)5/h12-16,20H,6-11H2,1-5H3. The van der Waals surface area contributed by atoms with Gasteiger partial charge >= 0.3 is 0 Å². The van der Waals surface area contributed by atoms with Crippen LogP contribution >= 0.6 is 0 Å². The molecule has 0 spiro atoms. The van der Waals surface area contributed by atoms with E-state index in [2.05, 4.69) is 55.9 Å². The average Bonchev–Trinajstić information content (AvgIpc) is 2.45. The molecule has 1 heterocycles. The third-order valence-corrected chi connectivity index (χ3v) is 3.62. The first-order chi connectivity index (χ1) is 10.0. The van der Waals surface area contributed by atoms with Crippen LogP contribution in [-0.4, -0.2) is 24.6 Å². The van der Waals surface area contributed by atoms with Gasteiger partial charge in [0.15, 0.2) is 0 Å². The maximum atomic E-state index is 4.41. The fourth-order valence-corrected chi connectivity index (χ4v) is 2.16. The number of pyridine rings is 1. The van der Waals surface area contributed by atoms with Gasteiger partial charge in [-0.3, -0.25) is 4.98 Å². The highest BCUT2D eigenvalue weighted by atomic mass is 15.1. The Morgan fingerprint density at radius 3 is 2.19 bits per heavy atom. The summed E-state index contributed by atoms with van der Waals surface area (Å²) in [5, 5.41) is 3.43. The lowest BCUT2D eigenvalue weighted by Crippen LogP contribution is -2.27. The number of hydrogen-bond acceptors (Lipinski definition) is 3. The molecule has 0 radical (unpaired) electrons. The van der Waals surface area contributed by atoms with E-state index < -0.39 is 0 Å². The van der Waals surface area contributed by atoms with Crippen molar-refractivity contribution in [3.8, 4) is 0 Å². The quantitative estimate of drug-likeness (QED) is 0.671. The summed E-state index contributed by atoms with van der Waals surface area (Å²) < 4.78 is 0. The van der Waals surface area contributed by atoms with Crippen molar-refractivity contribution in [1.29, 1.82) is 0 Å². The van der Waals surface area contributed by atoms with E-state index >= 15 is 0 Å². The Bertz CT molecular complexity index is 376. The van der Waals surface area contributed by atoms with Gasteiger partial charge in [0.2, 0.25) is 0 Å². The molecule has 1 aromatic rings. The number of nitrogens with zero attached hydrogens (tertiary/aromatic N) is 2. The van der Waals surface area contributed by atoms with Gasteiger partial charge in [0, 0.05) is 19.6 Å². The maximum absolute atomic E-state index is 4.41. The molecule has 3 heteroatoms. The Balaban J connectivity index is 2.74. The maximum Gasteiger partial charge on any atom is 0.0573 e. The molecule has 0 saturated heterocycles. The van der Waals surface area contributed by atoms with Crippen LogP contribution in [0.15, 0.2) is 18.5 Å². The normalized spacial score (nSPS) is 11.2. The van der Waals surface area contributed by atoms with Crippen LogP contribution in [0.1, 0.15) is 53.9 Å². The average molecular weight is 291 g/mol. The minimum absolute atomic E-state index is 0.737. The van der Waals surface area contributed by atoms with Crippen LogP contribution in [0.4, 0.5) is 11.4 Å². The van der Waals surface area contributed by atoms with E-state index in [4.69, 9.17) is 0 Å². The molecule has 1 aromatic heterocycles. The van der Waals surface area contributed by atoms with Gasteiger partial charge in [-0.25, -0.2) is 0 Å². The van der Waals surface area contributed by atoms with Crippen LogP contribution in [0.3, 0.4) is 0 Å². The highest BCUT2D eigenvalue weighted by Gasteiger charge is 2.09. The summed E-state index contributed by atoms with van der Waals surface area (Å²) in [6.07, 6.45) is 7.50. The van der Waals surface area contributed by atoms with Crippen LogP contribution in [0, 0.1) is 11.8 Å². The second-order valence-corrected chi connectivity index (χ2v) is 6.71. The zero-order valence-corrected chi connectivity index (χ0v) is 14.5. The van der Waals surface area contributed by atoms with Crippen molar-refractivity contribution in [2.24, 2.45) is 11.8 Å². The van der Waals surface area contributed by atoms with E-state index in [0.717, 1.165) is 43.6 Å². The fraction of sp³-hybridized carbons (Fsp3) is 0.722. The van der Waals surface area contributed by atoms with Crippen molar-refractivity contribution in [2.75, 3.05) is 29.9 Å². The minimum Gasteiger partial charge on any atom is -0.384 e. The molecule has 1 rings (SSSR count). The third kappa shape index (κ3) is 7.35. The predicted molar refractivity (Wildman–Crippen MR) is 94.1 cm³/mol. The lowest BCUT2D eigenvalue weighted by atomic mass is 10.1. The molecule has 0 amide bonds. The zero-order chi connectivity index (χ0) is 15.7. The summed E-state index contributed by atoms with van der Waals surface area (Å²) in [6.45, 7) is 14.6. The van der Waals surface area contributed by atoms with Crippen LogP contribution in [0.2, 0.25) is 0 Å². The van der Waals surface area contributed by atoms with Crippen LogP contribution in [-0.2, 0) is 0 Å². The van der Waals surface area contributed by atoms with Crippen LogP contribution in [0.5, 0.6) is 0 Å². The van der Waals surface area contributed by atoms with Gasteiger partial charge in [0.25, 0.3) is 0 Å². The minimum atomic E-state index is 0.737. The van der Waals surface area contributed by atoms with Crippen molar-refractivity contribution in [1.82, 2.24) is 4.98 Å². The molecule has 0 aliphatic rings. The van der Waals surface area contributed by atoms with E-state index in [-0.39, 0.29) is 0 Å². The van der Waals surface area contributed by atoms with E-state index in [1.165, 1.54) is 18.5 Å². The SMILES string of the molecule is CCCNc1cncc(N(CCC(C)C)CCC(C)C)c1. The number of nitrogens with one attached hydrogen (secondary N) is 1. The first kappa shape index (κ1) is 17.8. The van der Waals surface area contributed by atoms with Crippen molar-refractivity contribution in [2.45, 2.75) is 53.9 Å². The van der Waals surface area contributed by atoms with Crippen molar-refractivity contribution in [3.05, 3.63) is 18.5 Å². The summed E-state index contributed by atoms with van der Waals surface area (Å²) in [4.78, 5) is 6.90. The van der Waals surface area contributed by atoms with Gasteiger partial charge in [-0.05, 0) is 37.2 Å². The molecule has 3 nitrogen and oxygen atoms in total. The van der Waals surface area contributed by atoms with E-state index in [1.807, 2.05) is 12.4 Å². The molecule has 120 valence electrons. The first-order valence-corrected chi connectivity index (χ1v) is 8.46. The Morgan fingerprint density at radius 1 is 1.05 bits per heavy atom. The Kier molecular flexibility index (Phi) is 8.17. The molecule has 0 fully saturated rings. The van der Waals surface area contributed by atoms with E-state index in [0.29, 0.717) is 0 Å². The molecule has 1 N–H and O–H groups in total. The van der Waals surface area contributed by atoms with Gasteiger partial charge in [-0.2, -0.15) is 0 Å². The second-order valence-electron chi connectivity index (χ2n) is 6.71. The summed E-state index contributed by atoms with van der Waals surface area (Å²) in [5.41, 5.74) is 2.38. The first-order valence-electron chi connectivity index (χ1n) is 8.46. The molecule has 0 bridgehead atoms. The van der Waals surface area contributed by atoms with E-state index in [1.54, 1.807) is 0 Å². The number of anilines is 2. The molecular weight excluding hydrogens is 258 g/mol. The van der Waals surface area contributed by atoms with E-state index in [9.17, 15) is 0 Å². The highest BCUT2D eigenvalue weighted by molar-refractivity contribution is 5.55. The van der Waals surface area contributed by atoms with Crippen LogP contribution in [0.25, 0.3) is 0 Å². The van der Waals surface area contributed by atoms with Crippen LogP contribution < -0.4 is 10.2 Å². The molecule has 0 aromatic carbocycles. The van der Waals surface area contributed by atoms with Crippen molar-refractivity contribution >= 4 is 11.4 Å². The van der Waals surface area contributed by atoms with Gasteiger partial charge < -0.3 is 10.2 Å². The van der Waals surface area contributed by atoms with Gasteiger partial charge in [0.05, 0.1) is 23.8 Å². The lowest BCUT2D eigenvalue weighted by Gasteiger charge is -2.26. The fourth-order valence-electron chi connectivity index (χ4n) is 2.16. The largest absolute Gasteiger partial charge is 0.384 e. The number of aromatic nitrogens is 1. The zero-order valence-electron chi connectivity index (χ0n) is 14.5. The number of rotatable bonds is 10. The van der Waals surface area contributed by atoms with Gasteiger partial charge in [-0.15, -0.1) is 0 Å². The van der Waals surface area contributed by atoms with Crippen molar-refractivity contribution < 1.29 is 0 Å². The molecule has 21 heavy (non-hydrogen) atoms. The summed E-state index contributed by atoms with van der Waals surface area (Å²) in [7, 11) is 0. The molecule has 0 aliphatic carbocycles. The smallest absolute Gasteiger partial charge is 0.0573 e. The highest BCUT2D eigenvalue weighted by Crippen LogP contribution is 2.20. The van der Waals surface area contributed by atoms with Crippen molar-refractivity contribution in [3.63, 3.8) is 0 Å². The third-order valence-electron chi connectivity index (χ3n) is 3.62. The van der Waals surface area contributed by atoms with Gasteiger partial charge in [0.1, 0.15) is 0 Å². The Hall–Kier alpha value is -1.25. The molecule has 0 aliphatic heterocycles. The topological polar surface area (TPSA) is 28.2 Å². The molecule has 0 unspecified atom stereocenters. The predicted octanol–water partition coefficient (Wildman–Crippen LogP) is 4.80. The lowest BCUT2D eigenvalue weighted by molar-refractivity contribution is 0.535. The summed E-state index contributed by atoms with van der Waals surface area (Å²) >= 11 is 0.